The van der Waals surface area contributed by atoms with Gasteiger partial charge in [0, 0.05) is 12.5 Å². The van der Waals surface area contributed by atoms with E-state index in [-0.39, 0.29) is 18.4 Å². The summed E-state index contributed by atoms with van der Waals surface area (Å²) in [7, 11) is 0. The highest BCUT2D eigenvalue weighted by Crippen LogP contribution is 2.17. The minimum atomic E-state index is -0.0659. The molecule has 0 radical (unpaired) electrons. The number of amides is 2. The molecule has 1 aliphatic carbocycles. The Morgan fingerprint density at radius 3 is 2.43 bits per heavy atom. The standard InChI is InChI=1S/C19H28N2O2/c1-15-10-12-16(13-11-15)6-5-9-18(22)20-14-19(23)21-17-7-3-2-4-8-17/h10-13,17H,2-9,14H2,1H3,(H,20,22)(H,21,23). The van der Waals surface area contributed by atoms with Crippen molar-refractivity contribution in [3.63, 3.8) is 0 Å². The second-order valence-corrected chi connectivity index (χ2v) is 6.52. The second kappa shape index (κ2) is 9.33. The van der Waals surface area contributed by atoms with Crippen LogP contribution in [-0.4, -0.2) is 24.4 Å². The summed E-state index contributed by atoms with van der Waals surface area (Å²) >= 11 is 0. The number of hydrogen-bond acceptors (Lipinski definition) is 2. The van der Waals surface area contributed by atoms with E-state index < -0.39 is 0 Å². The Balaban J connectivity index is 1.57. The fraction of sp³-hybridized carbons (Fsp3) is 0.579. The Bertz CT molecular complexity index is 505. The molecule has 1 aromatic rings. The molecule has 0 aromatic heterocycles. The van der Waals surface area contributed by atoms with Crippen molar-refractivity contribution in [3.8, 4) is 0 Å². The molecule has 1 saturated carbocycles. The molecule has 0 unspecified atom stereocenters. The summed E-state index contributed by atoms with van der Waals surface area (Å²) in [5, 5.41) is 5.72. The molecule has 0 aliphatic heterocycles. The van der Waals surface area contributed by atoms with Crippen LogP contribution >= 0.6 is 0 Å². The Morgan fingerprint density at radius 1 is 1.04 bits per heavy atom. The van der Waals surface area contributed by atoms with E-state index in [2.05, 4.69) is 41.8 Å². The van der Waals surface area contributed by atoms with Crippen molar-refractivity contribution in [2.75, 3.05) is 6.54 Å². The predicted octanol–water partition coefficient (Wildman–Crippen LogP) is 2.88. The van der Waals surface area contributed by atoms with Gasteiger partial charge in [-0.25, -0.2) is 0 Å². The van der Waals surface area contributed by atoms with Crippen LogP contribution in [0.5, 0.6) is 0 Å². The van der Waals surface area contributed by atoms with E-state index in [4.69, 9.17) is 0 Å². The lowest BCUT2D eigenvalue weighted by atomic mass is 9.95. The Hall–Kier alpha value is -1.84. The monoisotopic (exact) mass is 316 g/mol. The van der Waals surface area contributed by atoms with Gasteiger partial charge in [-0.15, -0.1) is 0 Å². The summed E-state index contributed by atoms with van der Waals surface area (Å²) in [5.41, 5.74) is 2.49. The molecule has 0 saturated heterocycles. The highest BCUT2D eigenvalue weighted by Gasteiger charge is 2.15. The lowest BCUT2D eigenvalue weighted by Crippen LogP contribution is -2.42. The molecule has 126 valence electrons. The molecule has 1 aromatic carbocycles. The van der Waals surface area contributed by atoms with E-state index in [1.807, 2.05) is 0 Å². The first-order valence-electron chi connectivity index (χ1n) is 8.75. The van der Waals surface area contributed by atoms with Gasteiger partial charge in [0.15, 0.2) is 0 Å². The van der Waals surface area contributed by atoms with Gasteiger partial charge >= 0.3 is 0 Å². The van der Waals surface area contributed by atoms with Gasteiger partial charge < -0.3 is 10.6 Å². The van der Waals surface area contributed by atoms with Gasteiger partial charge in [-0.1, -0.05) is 49.1 Å². The molecular weight excluding hydrogens is 288 g/mol. The third kappa shape index (κ3) is 6.85. The lowest BCUT2D eigenvalue weighted by Gasteiger charge is -2.22. The summed E-state index contributed by atoms with van der Waals surface area (Å²) in [4.78, 5) is 23.6. The second-order valence-electron chi connectivity index (χ2n) is 6.52. The van der Waals surface area contributed by atoms with Gasteiger partial charge in [-0.3, -0.25) is 9.59 Å². The highest BCUT2D eigenvalue weighted by molar-refractivity contribution is 5.84. The molecule has 4 nitrogen and oxygen atoms in total. The van der Waals surface area contributed by atoms with Crippen LogP contribution in [0.15, 0.2) is 24.3 Å². The maximum Gasteiger partial charge on any atom is 0.239 e. The van der Waals surface area contributed by atoms with Crippen LogP contribution in [-0.2, 0) is 16.0 Å². The molecule has 23 heavy (non-hydrogen) atoms. The molecule has 1 fully saturated rings. The van der Waals surface area contributed by atoms with Gasteiger partial charge in [0.25, 0.3) is 0 Å². The number of benzene rings is 1. The topological polar surface area (TPSA) is 58.2 Å². The van der Waals surface area contributed by atoms with Crippen LogP contribution in [0.2, 0.25) is 0 Å². The van der Waals surface area contributed by atoms with E-state index in [1.54, 1.807) is 0 Å². The smallest absolute Gasteiger partial charge is 0.239 e. The number of nitrogens with one attached hydrogen (secondary N) is 2. The predicted molar refractivity (Wildman–Crippen MR) is 92.1 cm³/mol. The molecule has 2 rings (SSSR count). The van der Waals surface area contributed by atoms with Crippen LogP contribution in [0, 0.1) is 6.92 Å². The molecule has 0 bridgehead atoms. The first-order valence-corrected chi connectivity index (χ1v) is 8.75. The lowest BCUT2D eigenvalue weighted by molar-refractivity contribution is -0.126. The molecule has 4 heteroatoms. The van der Waals surface area contributed by atoms with Crippen molar-refractivity contribution in [3.05, 3.63) is 35.4 Å². The van der Waals surface area contributed by atoms with Crippen molar-refractivity contribution in [1.29, 1.82) is 0 Å². The summed E-state index contributed by atoms with van der Waals surface area (Å²) < 4.78 is 0. The fourth-order valence-electron chi connectivity index (χ4n) is 3.00. The third-order valence-corrected chi connectivity index (χ3v) is 4.41. The van der Waals surface area contributed by atoms with Crippen molar-refractivity contribution in [1.82, 2.24) is 10.6 Å². The minimum absolute atomic E-state index is 0.0455. The van der Waals surface area contributed by atoms with Gasteiger partial charge in [0.2, 0.25) is 11.8 Å². The molecular formula is C19H28N2O2. The van der Waals surface area contributed by atoms with Gasteiger partial charge in [-0.2, -0.15) is 0 Å². The quantitative estimate of drug-likeness (QED) is 0.812. The van der Waals surface area contributed by atoms with Crippen LogP contribution in [0.1, 0.15) is 56.1 Å². The number of aryl methyl sites for hydroxylation is 2. The van der Waals surface area contributed by atoms with Crippen LogP contribution in [0.25, 0.3) is 0 Å². The summed E-state index contributed by atoms with van der Waals surface area (Å²) in [5.74, 6) is -0.111. The van der Waals surface area contributed by atoms with Gasteiger partial charge in [0.1, 0.15) is 0 Å². The molecule has 2 amide bonds. The first-order chi connectivity index (χ1) is 11.1. The molecule has 0 spiro atoms. The zero-order valence-corrected chi connectivity index (χ0v) is 14.1. The zero-order valence-electron chi connectivity index (χ0n) is 14.1. The van der Waals surface area contributed by atoms with E-state index in [1.165, 1.54) is 30.4 Å². The Morgan fingerprint density at radius 2 is 1.74 bits per heavy atom. The number of rotatable bonds is 7. The van der Waals surface area contributed by atoms with Crippen molar-refractivity contribution < 1.29 is 9.59 Å². The van der Waals surface area contributed by atoms with Gasteiger partial charge in [0.05, 0.1) is 6.54 Å². The van der Waals surface area contributed by atoms with Crippen molar-refractivity contribution in [2.45, 2.75) is 64.3 Å². The normalized spacial score (nSPS) is 15.2. The molecule has 2 N–H and O–H groups in total. The Labute approximate surface area is 139 Å². The van der Waals surface area contributed by atoms with Crippen LogP contribution < -0.4 is 10.6 Å². The van der Waals surface area contributed by atoms with Crippen molar-refractivity contribution >= 4 is 11.8 Å². The highest BCUT2D eigenvalue weighted by atomic mass is 16.2. The van der Waals surface area contributed by atoms with Crippen LogP contribution in [0.4, 0.5) is 0 Å². The van der Waals surface area contributed by atoms with E-state index >= 15 is 0 Å². The average molecular weight is 316 g/mol. The maximum absolute atomic E-state index is 11.8. The summed E-state index contributed by atoms with van der Waals surface area (Å²) in [6.45, 7) is 2.16. The molecule has 1 aliphatic rings. The SMILES string of the molecule is Cc1ccc(CCCC(=O)NCC(=O)NC2CCCCC2)cc1. The van der Waals surface area contributed by atoms with E-state index in [0.29, 0.717) is 12.5 Å². The molecule has 0 heterocycles. The summed E-state index contributed by atoms with van der Waals surface area (Å²) in [6.07, 6.45) is 7.94. The fourth-order valence-corrected chi connectivity index (χ4v) is 3.00. The number of carbonyl (C=O) groups excluding carboxylic acids is 2. The maximum atomic E-state index is 11.8. The third-order valence-electron chi connectivity index (χ3n) is 4.41. The number of hydrogen-bond donors (Lipinski definition) is 2. The largest absolute Gasteiger partial charge is 0.352 e. The van der Waals surface area contributed by atoms with E-state index in [9.17, 15) is 9.59 Å². The summed E-state index contributed by atoms with van der Waals surface area (Å²) in [6, 6.07) is 8.68. The average Bonchev–Trinajstić information content (AvgIpc) is 2.56. The van der Waals surface area contributed by atoms with E-state index in [0.717, 1.165) is 25.7 Å². The van der Waals surface area contributed by atoms with Crippen LogP contribution in [0.3, 0.4) is 0 Å². The van der Waals surface area contributed by atoms with Gasteiger partial charge in [-0.05, 0) is 38.2 Å². The Kier molecular flexibility index (Phi) is 7.11. The molecule has 0 atom stereocenters. The zero-order chi connectivity index (χ0) is 16.5. The number of carbonyl (C=O) groups is 2. The first kappa shape index (κ1) is 17.5. The minimum Gasteiger partial charge on any atom is -0.352 e. The van der Waals surface area contributed by atoms with Crippen molar-refractivity contribution in [2.24, 2.45) is 0 Å².